The zero-order valence-electron chi connectivity index (χ0n) is 18.9. The molecule has 0 radical (unpaired) electrons. The number of rotatable bonds is 10. The highest BCUT2D eigenvalue weighted by molar-refractivity contribution is 5.22. The van der Waals surface area contributed by atoms with Gasteiger partial charge in [-0.3, -0.25) is 0 Å². The fourth-order valence-electron chi connectivity index (χ4n) is 5.89. The van der Waals surface area contributed by atoms with Crippen molar-refractivity contribution in [1.29, 1.82) is 0 Å². The highest BCUT2D eigenvalue weighted by Gasteiger charge is 2.24. The van der Waals surface area contributed by atoms with Gasteiger partial charge in [-0.1, -0.05) is 122 Å². The Morgan fingerprint density at radius 3 is 1.46 bits per heavy atom. The number of hydrogen-bond donors (Lipinski definition) is 0. The molecule has 0 aliphatic heterocycles. The molecule has 0 spiro atoms. The standard InChI is InChI=1S/C28H46/c1-3-5-6-24-11-13-26(14-12-24)17-18-28-21-19-27(20-22-28)16-15-25-9-7-23(4-2)8-10-25/h7-10,24,26-28H,3-6,11-22H2,1-2H3/t24-,26-,27-,28-. The second-order valence-electron chi connectivity index (χ2n) is 10.2. The van der Waals surface area contributed by atoms with Crippen LogP contribution in [0.4, 0.5) is 0 Å². The summed E-state index contributed by atoms with van der Waals surface area (Å²) in [7, 11) is 0. The molecular formula is C28H46. The SMILES string of the molecule is CCCC[C@H]1CC[C@H](CC[C@H]2CC[C@H](CCc3ccc(CC)cc3)CC2)CC1. The first-order valence-electron chi connectivity index (χ1n) is 12.8. The van der Waals surface area contributed by atoms with Crippen LogP contribution in [0.3, 0.4) is 0 Å². The van der Waals surface area contributed by atoms with E-state index in [-0.39, 0.29) is 0 Å². The lowest BCUT2D eigenvalue weighted by atomic mass is 9.74. The monoisotopic (exact) mass is 382 g/mol. The summed E-state index contributed by atoms with van der Waals surface area (Å²) in [5, 5.41) is 0. The van der Waals surface area contributed by atoms with Crippen molar-refractivity contribution in [1.82, 2.24) is 0 Å². The topological polar surface area (TPSA) is 0 Å². The van der Waals surface area contributed by atoms with Crippen molar-refractivity contribution in [3.8, 4) is 0 Å². The minimum atomic E-state index is 0.996. The summed E-state index contributed by atoms with van der Waals surface area (Å²) >= 11 is 0. The van der Waals surface area contributed by atoms with Crippen LogP contribution < -0.4 is 0 Å². The lowest BCUT2D eigenvalue weighted by Crippen LogP contribution is -2.18. The summed E-state index contributed by atoms with van der Waals surface area (Å²) in [4.78, 5) is 0. The van der Waals surface area contributed by atoms with E-state index in [1.807, 2.05) is 0 Å². The van der Waals surface area contributed by atoms with Crippen LogP contribution in [-0.2, 0) is 12.8 Å². The van der Waals surface area contributed by atoms with Crippen molar-refractivity contribution in [2.45, 2.75) is 117 Å². The molecule has 0 bridgehead atoms. The Morgan fingerprint density at radius 2 is 1.00 bits per heavy atom. The molecule has 1 aromatic carbocycles. The fraction of sp³-hybridized carbons (Fsp3) is 0.786. The smallest absolute Gasteiger partial charge is 0.0276 e. The van der Waals surface area contributed by atoms with Crippen molar-refractivity contribution in [3.05, 3.63) is 35.4 Å². The third kappa shape index (κ3) is 7.23. The molecule has 2 saturated carbocycles. The van der Waals surface area contributed by atoms with E-state index >= 15 is 0 Å². The van der Waals surface area contributed by atoms with Gasteiger partial charge in [-0.15, -0.1) is 0 Å². The molecule has 0 heteroatoms. The molecule has 0 aromatic heterocycles. The Labute approximate surface area is 175 Å². The Morgan fingerprint density at radius 1 is 0.571 bits per heavy atom. The maximum Gasteiger partial charge on any atom is -0.0276 e. The first-order valence-corrected chi connectivity index (χ1v) is 12.8. The van der Waals surface area contributed by atoms with E-state index in [1.165, 1.54) is 82.6 Å². The van der Waals surface area contributed by atoms with Crippen molar-refractivity contribution < 1.29 is 0 Å². The quantitative estimate of drug-likeness (QED) is 0.379. The average Bonchev–Trinajstić information content (AvgIpc) is 2.76. The van der Waals surface area contributed by atoms with E-state index in [0.717, 1.165) is 30.1 Å². The fourth-order valence-corrected chi connectivity index (χ4v) is 5.89. The van der Waals surface area contributed by atoms with Gasteiger partial charge in [-0.05, 0) is 54.1 Å². The molecule has 0 heterocycles. The highest BCUT2D eigenvalue weighted by Crippen LogP contribution is 2.38. The predicted molar refractivity (Wildman–Crippen MR) is 124 cm³/mol. The normalized spacial score (nSPS) is 28.4. The van der Waals surface area contributed by atoms with E-state index in [4.69, 9.17) is 0 Å². The molecule has 0 atom stereocenters. The van der Waals surface area contributed by atoms with Crippen LogP contribution in [0.5, 0.6) is 0 Å². The molecule has 1 aromatic rings. The van der Waals surface area contributed by atoms with Gasteiger partial charge >= 0.3 is 0 Å². The molecular weight excluding hydrogens is 336 g/mol. The largest absolute Gasteiger partial charge is 0.0654 e. The Bertz CT molecular complexity index is 511. The second-order valence-corrected chi connectivity index (χ2v) is 10.2. The third-order valence-corrected chi connectivity index (χ3v) is 8.15. The van der Waals surface area contributed by atoms with Crippen molar-refractivity contribution in [2.24, 2.45) is 23.7 Å². The molecule has 0 N–H and O–H groups in total. The van der Waals surface area contributed by atoms with Gasteiger partial charge in [-0.25, -0.2) is 0 Å². The number of hydrogen-bond acceptors (Lipinski definition) is 0. The third-order valence-electron chi connectivity index (χ3n) is 8.15. The van der Waals surface area contributed by atoms with Crippen LogP contribution in [0.2, 0.25) is 0 Å². The van der Waals surface area contributed by atoms with Crippen molar-refractivity contribution in [2.75, 3.05) is 0 Å². The second kappa shape index (κ2) is 12.0. The Balaban J connectivity index is 1.26. The van der Waals surface area contributed by atoms with E-state index in [2.05, 4.69) is 38.1 Å². The first kappa shape index (κ1) is 21.9. The van der Waals surface area contributed by atoms with Crippen LogP contribution >= 0.6 is 0 Å². The maximum absolute atomic E-state index is 2.36. The lowest BCUT2D eigenvalue weighted by molar-refractivity contribution is 0.209. The summed E-state index contributed by atoms with van der Waals surface area (Å²) in [5.41, 5.74) is 3.02. The summed E-state index contributed by atoms with van der Waals surface area (Å²) < 4.78 is 0. The number of aryl methyl sites for hydroxylation is 2. The molecule has 158 valence electrons. The van der Waals surface area contributed by atoms with E-state index in [1.54, 1.807) is 24.8 Å². The Kier molecular flexibility index (Phi) is 9.42. The minimum absolute atomic E-state index is 0.996. The molecule has 2 aliphatic carbocycles. The minimum Gasteiger partial charge on any atom is -0.0654 e. The van der Waals surface area contributed by atoms with Crippen LogP contribution in [-0.4, -0.2) is 0 Å². The van der Waals surface area contributed by atoms with Gasteiger partial charge in [0.25, 0.3) is 0 Å². The van der Waals surface area contributed by atoms with Gasteiger partial charge in [0, 0.05) is 0 Å². The van der Waals surface area contributed by atoms with Gasteiger partial charge in [0.1, 0.15) is 0 Å². The molecule has 0 amide bonds. The maximum atomic E-state index is 2.36. The van der Waals surface area contributed by atoms with E-state index in [9.17, 15) is 0 Å². The zero-order chi connectivity index (χ0) is 19.6. The van der Waals surface area contributed by atoms with Gasteiger partial charge < -0.3 is 0 Å². The molecule has 2 fully saturated rings. The molecule has 0 unspecified atom stereocenters. The first-order chi connectivity index (χ1) is 13.8. The molecule has 0 saturated heterocycles. The van der Waals surface area contributed by atoms with Crippen LogP contribution in [0.25, 0.3) is 0 Å². The number of benzene rings is 1. The average molecular weight is 383 g/mol. The van der Waals surface area contributed by atoms with Crippen molar-refractivity contribution >= 4 is 0 Å². The number of unbranched alkanes of at least 4 members (excludes halogenated alkanes) is 1. The lowest BCUT2D eigenvalue weighted by Gasteiger charge is -2.32. The van der Waals surface area contributed by atoms with E-state index < -0.39 is 0 Å². The Hall–Kier alpha value is -0.780. The van der Waals surface area contributed by atoms with E-state index in [0.29, 0.717) is 0 Å². The van der Waals surface area contributed by atoms with Crippen LogP contribution in [0.15, 0.2) is 24.3 Å². The zero-order valence-corrected chi connectivity index (χ0v) is 18.9. The summed E-state index contributed by atoms with van der Waals surface area (Å²) in [6.07, 6.45) is 23.5. The van der Waals surface area contributed by atoms with Crippen LogP contribution in [0, 0.1) is 23.7 Å². The predicted octanol–water partition coefficient (Wildman–Crippen LogP) is 8.76. The summed E-state index contributed by atoms with van der Waals surface area (Å²) in [6.45, 7) is 4.58. The van der Waals surface area contributed by atoms with Crippen LogP contribution in [0.1, 0.15) is 115 Å². The van der Waals surface area contributed by atoms with Gasteiger partial charge in [0.15, 0.2) is 0 Å². The molecule has 2 aliphatic rings. The highest BCUT2D eigenvalue weighted by atomic mass is 14.3. The van der Waals surface area contributed by atoms with Gasteiger partial charge in [0.05, 0.1) is 0 Å². The summed E-state index contributed by atoms with van der Waals surface area (Å²) in [6, 6.07) is 9.37. The molecule has 0 nitrogen and oxygen atoms in total. The van der Waals surface area contributed by atoms with Gasteiger partial charge in [0.2, 0.25) is 0 Å². The summed E-state index contributed by atoms with van der Waals surface area (Å²) in [5.74, 6) is 4.19. The van der Waals surface area contributed by atoms with Crippen molar-refractivity contribution in [3.63, 3.8) is 0 Å². The molecule has 3 rings (SSSR count). The van der Waals surface area contributed by atoms with Gasteiger partial charge in [-0.2, -0.15) is 0 Å². The molecule has 28 heavy (non-hydrogen) atoms.